The van der Waals surface area contributed by atoms with Crippen LogP contribution in [-0.4, -0.2) is 34.8 Å². The number of thiophene rings is 1. The summed E-state index contributed by atoms with van der Waals surface area (Å²) in [6, 6.07) is 0. The standard InChI is InChI=1S/C18H24N2O3S2/c1-3-20-17(21)15-13-5-4-11(2)8-14(13)25-16(15)19-18(20)24-9-12-6-7-22-10-23-12/h11-12H,3-10H2,1-2H3/t11-,12-/m1/s1. The molecule has 1 saturated heterocycles. The zero-order valence-electron chi connectivity index (χ0n) is 14.7. The third-order valence-electron chi connectivity index (χ3n) is 5.07. The lowest BCUT2D eigenvalue weighted by Gasteiger charge is -2.22. The molecule has 2 atom stereocenters. The molecule has 1 aliphatic heterocycles. The van der Waals surface area contributed by atoms with Gasteiger partial charge in [0.25, 0.3) is 5.56 Å². The summed E-state index contributed by atoms with van der Waals surface area (Å²) in [7, 11) is 0. The molecule has 0 N–H and O–H groups in total. The van der Waals surface area contributed by atoms with Crippen molar-refractivity contribution in [2.24, 2.45) is 5.92 Å². The summed E-state index contributed by atoms with van der Waals surface area (Å²) in [5.41, 5.74) is 1.40. The molecule has 0 radical (unpaired) electrons. The highest BCUT2D eigenvalue weighted by atomic mass is 32.2. The van der Waals surface area contributed by atoms with Crippen LogP contribution in [0.15, 0.2) is 9.95 Å². The lowest BCUT2D eigenvalue weighted by atomic mass is 9.89. The van der Waals surface area contributed by atoms with E-state index in [1.807, 2.05) is 11.5 Å². The molecule has 4 rings (SSSR count). The molecule has 25 heavy (non-hydrogen) atoms. The Morgan fingerprint density at radius 2 is 2.28 bits per heavy atom. The molecular formula is C18H24N2O3S2. The topological polar surface area (TPSA) is 53.4 Å². The van der Waals surface area contributed by atoms with Gasteiger partial charge in [-0.05, 0) is 44.1 Å². The second kappa shape index (κ2) is 7.39. The van der Waals surface area contributed by atoms with E-state index >= 15 is 0 Å². The molecule has 136 valence electrons. The highest BCUT2D eigenvalue weighted by Gasteiger charge is 2.25. The van der Waals surface area contributed by atoms with Crippen molar-refractivity contribution in [1.29, 1.82) is 0 Å². The summed E-state index contributed by atoms with van der Waals surface area (Å²) in [6.07, 6.45) is 4.34. The van der Waals surface area contributed by atoms with Gasteiger partial charge in [-0.3, -0.25) is 9.36 Å². The van der Waals surface area contributed by atoms with Crippen molar-refractivity contribution in [3.8, 4) is 0 Å². The SMILES string of the molecule is CCn1c(SC[C@H]2CCOCO2)nc2sc3c(c2c1=O)CC[C@@H](C)C3. The van der Waals surface area contributed by atoms with Gasteiger partial charge in [0.2, 0.25) is 0 Å². The minimum absolute atomic E-state index is 0.134. The fraction of sp³-hybridized carbons (Fsp3) is 0.667. The number of aromatic nitrogens is 2. The lowest BCUT2D eigenvalue weighted by molar-refractivity contribution is -0.130. The van der Waals surface area contributed by atoms with Crippen molar-refractivity contribution in [3.63, 3.8) is 0 Å². The van der Waals surface area contributed by atoms with Gasteiger partial charge in [0.15, 0.2) is 5.16 Å². The first-order chi connectivity index (χ1) is 12.2. The van der Waals surface area contributed by atoms with Gasteiger partial charge in [-0.15, -0.1) is 11.3 Å². The van der Waals surface area contributed by atoms with Crippen LogP contribution in [0, 0.1) is 5.92 Å². The first-order valence-corrected chi connectivity index (χ1v) is 10.8. The Bertz CT molecular complexity index is 824. The number of thioether (sulfide) groups is 1. The highest BCUT2D eigenvalue weighted by molar-refractivity contribution is 7.99. The molecule has 0 spiro atoms. The summed E-state index contributed by atoms with van der Waals surface area (Å²) in [4.78, 5) is 20.3. The summed E-state index contributed by atoms with van der Waals surface area (Å²) in [6.45, 7) is 6.08. The molecule has 1 fully saturated rings. The zero-order chi connectivity index (χ0) is 17.4. The molecule has 5 nitrogen and oxygen atoms in total. The maximum atomic E-state index is 13.1. The number of nitrogens with zero attached hydrogens (tertiary/aromatic N) is 2. The molecule has 0 bridgehead atoms. The third kappa shape index (κ3) is 3.39. The lowest BCUT2D eigenvalue weighted by Crippen LogP contribution is -2.27. The van der Waals surface area contributed by atoms with Crippen molar-refractivity contribution in [3.05, 3.63) is 20.8 Å². The van der Waals surface area contributed by atoms with Crippen LogP contribution in [0.2, 0.25) is 0 Å². The smallest absolute Gasteiger partial charge is 0.263 e. The van der Waals surface area contributed by atoms with Gasteiger partial charge in [0.05, 0.1) is 18.1 Å². The Kier molecular flexibility index (Phi) is 5.18. The summed E-state index contributed by atoms with van der Waals surface area (Å²) in [5, 5.41) is 1.70. The molecule has 3 heterocycles. The first-order valence-electron chi connectivity index (χ1n) is 9.04. The van der Waals surface area contributed by atoms with E-state index in [0.29, 0.717) is 19.3 Å². The minimum Gasteiger partial charge on any atom is -0.355 e. The molecule has 7 heteroatoms. The van der Waals surface area contributed by atoms with E-state index in [0.717, 1.165) is 47.0 Å². The average Bonchev–Trinajstić information content (AvgIpc) is 2.98. The molecule has 2 aromatic rings. The largest absolute Gasteiger partial charge is 0.355 e. The summed E-state index contributed by atoms with van der Waals surface area (Å²) in [5.74, 6) is 1.51. The van der Waals surface area contributed by atoms with E-state index in [1.165, 1.54) is 16.9 Å². The Hall–Kier alpha value is -0.890. The molecule has 0 unspecified atom stereocenters. The van der Waals surface area contributed by atoms with E-state index in [1.54, 1.807) is 23.1 Å². The van der Waals surface area contributed by atoms with Crippen molar-refractivity contribution in [2.75, 3.05) is 19.2 Å². The van der Waals surface area contributed by atoms with Crippen molar-refractivity contribution in [2.45, 2.75) is 57.3 Å². The average molecular weight is 381 g/mol. The van der Waals surface area contributed by atoms with Crippen LogP contribution in [0.3, 0.4) is 0 Å². The number of aryl methyl sites for hydroxylation is 1. The fourth-order valence-corrected chi connectivity index (χ4v) is 6.15. The Morgan fingerprint density at radius 1 is 1.40 bits per heavy atom. The summed E-state index contributed by atoms with van der Waals surface area (Å²) >= 11 is 3.36. The van der Waals surface area contributed by atoms with E-state index in [4.69, 9.17) is 14.5 Å². The molecule has 0 amide bonds. The molecule has 1 aliphatic carbocycles. The predicted octanol–water partition coefficient (Wildman–Crippen LogP) is 3.46. The number of fused-ring (bicyclic) bond motifs is 3. The zero-order valence-corrected chi connectivity index (χ0v) is 16.4. The van der Waals surface area contributed by atoms with Crippen LogP contribution in [0.25, 0.3) is 10.2 Å². The predicted molar refractivity (Wildman–Crippen MR) is 102 cm³/mol. The van der Waals surface area contributed by atoms with Gasteiger partial charge >= 0.3 is 0 Å². The van der Waals surface area contributed by atoms with Crippen molar-refractivity contribution in [1.82, 2.24) is 9.55 Å². The van der Waals surface area contributed by atoms with Gasteiger partial charge in [0, 0.05) is 17.2 Å². The van der Waals surface area contributed by atoms with Gasteiger partial charge in [-0.2, -0.15) is 0 Å². The maximum absolute atomic E-state index is 13.1. The maximum Gasteiger partial charge on any atom is 0.263 e. The normalized spacial score (nSPS) is 23.8. The van der Waals surface area contributed by atoms with Gasteiger partial charge < -0.3 is 9.47 Å². The van der Waals surface area contributed by atoms with Gasteiger partial charge in [0.1, 0.15) is 11.6 Å². The van der Waals surface area contributed by atoms with Crippen LogP contribution in [-0.2, 0) is 28.9 Å². The van der Waals surface area contributed by atoms with Gasteiger partial charge in [-0.1, -0.05) is 18.7 Å². The van der Waals surface area contributed by atoms with E-state index in [-0.39, 0.29) is 11.7 Å². The number of hydrogen-bond donors (Lipinski definition) is 0. The quantitative estimate of drug-likeness (QED) is 0.601. The molecular weight excluding hydrogens is 356 g/mol. The number of rotatable bonds is 4. The van der Waals surface area contributed by atoms with Crippen LogP contribution < -0.4 is 5.56 Å². The van der Waals surface area contributed by atoms with Crippen LogP contribution in [0.5, 0.6) is 0 Å². The van der Waals surface area contributed by atoms with Crippen LogP contribution in [0.4, 0.5) is 0 Å². The highest BCUT2D eigenvalue weighted by Crippen LogP contribution is 2.36. The number of ether oxygens (including phenoxy) is 2. The first kappa shape index (κ1) is 17.5. The number of hydrogen-bond acceptors (Lipinski definition) is 6. The van der Waals surface area contributed by atoms with Crippen molar-refractivity contribution >= 4 is 33.3 Å². The Balaban J connectivity index is 1.68. The van der Waals surface area contributed by atoms with Crippen LogP contribution in [0.1, 0.15) is 37.1 Å². The van der Waals surface area contributed by atoms with E-state index in [9.17, 15) is 4.79 Å². The molecule has 2 aliphatic rings. The second-order valence-electron chi connectivity index (χ2n) is 6.89. The molecule has 0 aromatic carbocycles. The molecule has 0 saturated carbocycles. The van der Waals surface area contributed by atoms with Gasteiger partial charge in [-0.25, -0.2) is 4.98 Å². The third-order valence-corrected chi connectivity index (χ3v) is 7.32. The molecule has 2 aromatic heterocycles. The van der Waals surface area contributed by atoms with Crippen LogP contribution >= 0.6 is 23.1 Å². The van der Waals surface area contributed by atoms with Crippen molar-refractivity contribution < 1.29 is 9.47 Å². The Labute approximate surface area is 155 Å². The fourth-order valence-electron chi connectivity index (χ4n) is 3.59. The van der Waals surface area contributed by atoms with E-state index < -0.39 is 0 Å². The summed E-state index contributed by atoms with van der Waals surface area (Å²) < 4.78 is 12.7. The van der Waals surface area contributed by atoms with E-state index in [2.05, 4.69) is 6.92 Å². The second-order valence-corrected chi connectivity index (χ2v) is 8.96. The Morgan fingerprint density at radius 3 is 3.04 bits per heavy atom. The minimum atomic E-state index is 0.134. The monoisotopic (exact) mass is 380 g/mol.